The van der Waals surface area contributed by atoms with Crippen molar-refractivity contribution >= 4 is 11.8 Å². The Balaban J connectivity index is 3.22. The fourth-order valence-electron chi connectivity index (χ4n) is 0.924. The van der Waals surface area contributed by atoms with Crippen LogP contribution in [0.4, 0.5) is 32.4 Å². The molecular weight excluding hydrogens is 263 g/mol. The van der Waals surface area contributed by atoms with Crippen LogP contribution in [0.1, 0.15) is 6.92 Å². The molecule has 0 aliphatic carbocycles. The summed E-state index contributed by atoms with van der Waals surface area (Å²) in [5, 5.41) is 5.29. The van der Waals surface area contributed by atoms with Crippen LogP contribution in [0.25, 0.3) is 0 Å². The molecule has 4 nitrogen and oxygen atoms in total. The van der Waals surface area contributed by atoms with Crippen LogP contribution in [0.5, 0.6) is 0 Å². The van der Waals surface area contributed by atoms with Crippen LogP contribution in [-0.4, -0.2) is 12.7 Å². The summed E-state index contributed by atoms with van der Waals surface area (Å²) in [6.45, 7) is 1.33. The number of hydrogen-bond acceptors (Lipinski definition) is 3. The number of carbonyl (C=O) groups excluding carboxylic acids is 1. The number of azo groups is 1. The molecule has 1 aromatic rings. The van der Waals surface area contributed by atoms with Crippen LogP contribution in [-0.2, 0) is 4.74 Å². The van der Waals surface area contributed by atoms with E-state index in [9.17, 15) is 26.7 Å². The first-order chi connectivity index (χ1) is 8.40. The Morgan fingerprint density at radius 2 is 1.44 bits per heavy atom. The minimum absolute atomic E-state index is 0.0883. The highest BCUT2D eigenvalue weighted by Crippen LogP contribution is 2.29. The molecular formula is C9H5F5N2O2. The molecule has 0 atom stereocenters. The summed E-state index contributed by atoms with van der Waals surface area (Å²) in [5.74, 6) is -11.0. The molecule has 1 rings (SSSR count). The van der Waals surface area contributed by atoms with E-state index in [1.165, 1.54) is 6.92 Å². The molecule has 1 amide bonds. The lowest BCUT2D eigenvalue weighted by atomic mass is 10.2. The molecule has 0 spiro atoms. The molecule has 0 saturated heterocycles. The molecule has 0 aliphatic rings. The van der Waals surface area contributed by atoms with Crippen molar-refractivity contribution in [3.05, 3.63) is 29.1 Å². The summed E-state index contributed by atoms with van der Waals surface area (Å²) in [4.78, 5) is 10.7. The number of amides is 1. The van der Waals surface area contributed by atoms with Gasteiger partial charge in [0.1, 0.15) is 0 Å². The molecule has 0 N–H and O–H groups in total. The summed E-state index contributed by atoms with van der Waals surface area (Å²) in [5.41, 5.74) is -1.56. The van der Waals surface area contributed by atoms with Gasteiger partial charge in [0.2, 0.25) is 5.82 Å². The average molecular weight is 268 g/mol. The zero-order chi connectivity index (χ0) is 13.9. The predicted molar refractivity (Wildman–Crippen MR) is 47.8 cm³/mol. The molecule has 0 bridgehead atoms. The van der Waals surface area contributed by atoms with E-state index in [2.05, 4.69) is 15.0 Å². The van der Waals surface area contributed by atoms with E-state index in [-0.39, 0.29) is 6.61 Å². The second-order valence-corrected chi connectivity index (χ2v) is 2.82. The van der Waals surface area contributed by atoms with E-state index in [0.29, 0.717) is 0 Å². The highest BCUT2D eigenvalue weighted by Gasteiger charge is 2.26. The third-order valence-electron chi connectivity index (χ3n) is 1.69. The van der Waals surface area contributed by atoms with E-state index < -0.39 is 40.9 Å². The fourth-order valence-corrected chi connectivity index (χ4v) is 0.924. The Labute approximate surface area is 97.1 Å². The van der Waals surface area contributed by atoms with Gasteiger partial charge >= 0.3 is 6.09 Å². The molecule has 0 aliphatic heterocycles. The lowest BCUT2D eigenvalue weighted by Gasteiger charge is -2.02. The maximum absolute atomic E-state index is 13.0. The molecule has 18 heavy (non-hydrogen) atoms. The summed E-state index contributed by atoms with van der Waals surface area (Å²) in [6, 6.07) is 0. The summed E-state index contributed by atoms with van der Waals surface area (Å²) in [7, 11) is 0. The zero-order valence-corrected chi connectivity index (χ0v) is 8.81. The number of halogens is 5. The third kappa shape index (κ3) is 2.60. The molecule has 0 aromatic heterocycles. The van der Waals surface area contributed by atoms with Gasteiger partial charge in [-0.2, -0.15) is 0 Å². The van der Waals surface area contributed by atoms with Crippen LogP contribution in [0, 0.1) is 29.1 Å². The first kappa shape index (κ1) is 14.0. The van der Waals surface area contributed by atoms with Crippen LogP contribution < -0.4 is 0 Å². The van der Waals surface area contributed by atoms with Crippen molar-refractivity contribution in [1.82, 2.24) is 0 Å². The van der Waals surface area contributed by atoms with Crippen molar-refractivity contribution in [3.8, 4) is 0 Å². The van der Waals surface area contributed by atoms with Gasteiger partial charge in [-0.1, -0.05) is 5.11 Å². The Bertz CT molecular complexity index is 489. The van der Waals surface area contributed by atoms with Crippen molar-refractivity contribution in [1.29, 1.82) is 0 Å². The Kier molecular flexibility index (Phi) is 4.29. The number of rotatable bonds is 2. The lowest BCUT2D eigenvalue weighted by Crippen LogP contribution is -2.01. The average Bonchev–Trinajstić information content (AvgIpc) is 2.34. The van der Waals surface area contributed by atoms with Gasteiger partial charge in [-0.25, -0.2) is 26.7 Å². The van der Waals surface area contributed by atoms with Crippen molar-refractivity contribution in [2.75, 3.05) is 6.61 Å². The number of carbonyl (C=O) groups is 1. The Morgan fingerprint density at radius 1 is 1.00 bits per heavy atom. The molecule has 1 aromatic carbocycles. The molecule has 0 unspecified atom stereocenters. The van der Waals surface area contributed by atoms with E-state index in [1.807, 2.05) is 0 Å². The SMILES string of the molecule is CCOC(=O)N=Nc1c(F)c(F)c(F)c(F)c1F. The van der Waals surface area contributed by atoms with Crippen molar-refractivity contribution < 1.29 is 31.5 Å². The highest BCUT2D eigenvalue weighted by molar-refractivity contribution is 5.67. The van der Waals surface area contributed by atoms with E-state index in [1.54, 1.807) is 0 Å². The minimum Gasteiger partial charge on any atom is -0.447 e. The third-order valence-corrected chi connectivity index (χ3v) is 1.69. The molecule has 0 saturated carbocycles. The van der Waals surface area contributed by atoms with E-state index in [0.717, 1.165) is 0 Å². The summed E-state index contributed by atoms with van der Waals surface area (Å²) >= 11 is 0. The van der Waals surface area contributed by atoms with Gasteiger partial charge in [0, 0.05) is 0 Å². The van der Waals surface area contributed by atoms with E-state index in [4.69, 9.17) is 0 Å². The zero-order valence-electron chi connectivity index (χ0n) is 8.81. The van der Waals surface area contributed by atoms with Gasteiger partial charge in [-0.3, -0.25) is 0 Å². The topological polar surface area (TPSA) is 51.0 Å². The number of hydrogen-bond donors (Lipinski definition) is 0. The highest BCUT2D eigenvalue weighted by atomic mass is 19.2. The number of nitrogens with zero attached hydrogens (tertiary/aromatic N) is 2. The second-order valence-electron chi connectivity index (χ2n) is 2.82. The Morgan fingerprint density at radius 3 is 1.89 bits per heavy atom. The normalized spacial score (nSPS) is 11.0. The molecule has 0 radical (unpaired) electrons. The maximum Gasteiger partial charge on any atom is 0.452 e. The van der Waals surface area contributed by atoms with Crippen molar-refractivity contribution in [3.63, 3.8) is 0 Å². The molecule has 98 valence electrons. The van der Waals surface area contributed by atoms with Crippen LogP contribution in [0.3, 0.4) is 0 Å². The number of ether oxygens (including phenoxy) is 1. The maximum atomic E-state index is 13.0. The lowest BCUT2D eigenvalue weighted by molar-refractivity contribution is 0.161. The number of benzene rings is 1. The monoisotopic (exact) mass is 268 g/mol. The minimum atomic E-state index is -2.32. The van der Waals surface area contributed by atoms with Gasteiger partial charge in [0.15, 0.2) is 29.0 Å². The first-order valence-corrected chi connectivity index (χ1v) is 4.50. The van der Waals surface area contributed by atoms with Crippen LogP contribution >= 0.6 is 0 Å². The quantitative estimate of drug-likeness (QED) is 0.356. The molecule has 0 fully saturated rings. The van der Waals surface area contributed by atoms with Gasteiger partial charge in [0.25, 0.3) is 0 Å². The fraction of sp³-hybridized carbons (Fsp3) is 0.222. The van der Waals surface area contributed by atoms with Crippen molar-refractivity contribution in [2.45, 2.75) is 6.92 Å². The van der Waals surface area contributed by atoms with Crippen LogP contribution in [0.2, 0.25) is 0 Å². The van der Waals surface area contributed by atoms with Gasteiger partial charge in [0.05, 0.1) is 6.61 Å². The predicted octanol–water partition coefficient (Wildman–Crippen LogP) is 3.62. The first-order valence-electron chi connectivity index (χ1n) is 4.50. The van der Waals surface area contributed by atoms with Crippen molar-refractivity contribution in [2.24, 2.45) is 10.2 Å². The van der Waals surface area contributed by atoms with Gasteiger partial charge in [-0.05, 0) is 6.92 Å². The second kappa shape index (κ2) is 5.52. The largest absolute Gasteiger partial charge is 0.452 e. The smallest absolute Gasteiger partial charge is 0.447 e. The van der Waals surface area contributed by atoms with Crippen LogP contribution in [0.15, 0.2) is 10.2 Å². The standard InChI is InChI=1S/C9H5F5N2O2/c1-2-18-9(17)16-15-8-6(13)4(11)3(10)5(12)7(8)14/h2H2,1H3. The molecule has 9 heteroatoms. The molecule has 0 heterocycles. The Hall–Kier alpha value is -2.06. The summed E-state index contributed by atoms with van der Waals surface area (Å²) < 4.78 is 68.3. The van der Waals surface area contributed by atoms with E-state index >= 15 is 0 Å². The summed E-state index contributed by atoms with van der Waals surface area (Å²) in [6.07, 6.45) is -1.32. The van der Waals surface area contributed by atoms with Gasteiger partial charge < -0.3 is 4.74 Å². The van der Waals surface area contributed by atoms with Gasteiger partial charge in [-0.15, -0.1) is 5.11 Å².